The Labute approximate surface area is 164 Å². The summed E-state index contributed by atoms with van der Waals surface area (Å²) >= 11 is 0. The van der Waals surface area contributed by atoms with Crippen molar-refractivity contribution in [2.45, 2.75) is 74.2 Å². The predicted molar refractivity (Wildman–Crippen MR) is 102 cm³/mol. The molecule has 2 aliphatic heterocycles. The molecule has 2 saturated carbocycles. The Bertz CT molecular complexity index is 868. The van der Waals surface area contributed by atoms with Crippen LogP contribution >= 0.6 is 0 Å². The molecule has 0 aromatic heterocycles. The topological polar surface area (TPSA) is 96.0 Å². The fraction of sp³-hybridized carbons (Fsp3) is 0.682. The minimum atomic E-state index is -0.937. The van der Waals surface area contributed by atoms with E-state index in [-0.39, 0.29) is 6.04 Å². The molecule has 1 saturated heterocycles. The van der Waals surface area contributed by atoms with Crippen LogP contribution in [0.25, 0.3) is 0 Å². The molecule has 4 N–H and O–H groups in total. The molecule has 6 rings (SSSR count). The Morgan fingerprint density at radius 1 is 1.29 bits per heavy atom. The molecule has 28 heavy (non-hydrogen) atoms. The smallest absolute Gasteiger partial charge is 0.252 e. The first-order valence-electron chi connectivity index (χ1n) is 10.7. The number of ether oxygens (including phenoxy) is 1. The number of amides is 1. The highest BCUT2D eigenvalue weighted by molar-refractivity contribution is 5.97. The third kappa shape index (κ3) is 1.87. The zero-order chi connectivity index (χ0) is 19.3. The fourth-order valence-corrected chi connectivity index (χ4v) is 7.04. The minimum absolute atomic E-state index is 0.0401. The molecule has 1 aromatic carbocycles. The van der Waals surface area contributed by atoms with E-state index in [9.17, 15) is 15.0 Å². The van der Waals surface area contributed by atoms with Crippen LogP contribution in [0, 0.1) is 5.92 Å². The number of carbonyl (C=O) groups excluding carboxylic acids is 1. The van der Waals surface area contributed by atoms with Crippen molar-refractivity contribution < 1.29 is 19.7 Å². The average Bonchev–Trinajstić information content (AvgIpc) is 2.97. The zero-order valence-electron chi connectivity index (χ0n) is 16.1. The fourth-order valence-electron chi connectivity index (χ4n) is 7.04. The monoisotopic (exact) mass is 384 g/mol. The number of carbonyl (C=O) groups is 1. The lowest BCUT2D eigenvalue weighted by Crippen LogP contribution is -2.77. The van der Waals surface area contributed by atoms with Crippen molar-refractivity contribution in [2.24, 2.45) is 11.7 Å². The lowest BCUT2D eigenvalue weighted by atomic mass is 9.48. The van der Waals surface area contributed by atoms with E-state index in [1.807, 2.05) is 6.07 Å². The highest BCUT2D eigenvalue weighted by Gasteiger charge is 2.72. The molecule has 1 unspecified atom stereocenters. The minimum Gasteiger partial charge on any atom is -0.486 e. The molecule has 1 amide bonds. The van der Waals surface area contributed by atoms with Gasteiger partial charge in [0.15, 0.2) is 0 Å². The number of hydrogen-bond acceptors (Lipinski definition) is 5. The van der Waals surface area contributed by atoms with Gasteiger partial charge in [-0.2, -0.15) is 0 Å². The van der Waals surface area contributed by atoms with E-state index in [1.165, 1.54) is 19.3 Å². The van der Waals surface area contributed by atoms with Gasteiger partial charge in [0.05, 0.1) is 22.7 Å². The first-order chi connectivity index (χ1) is 13.5. The molecule has 150 valence electrons. The van der Waals surface area contributed by atoms with E-state index < -0.39 is 29.1 Å². The Kier molecular flexibility index (Phi) is 3.38. The van der Waals surface area contributed by atoms with Crippen LogP contribution in [0.1, 0.15) is 60.0 Å². The summed E-state index contributed by atoms with van der Waals surface area (Å²) in [4.78, 5) is 14.5. The molecule has 3 fully saturated rings. The molecule has 6 heteroatoms. The molecular weight excluding hydrogens is 356 g/mol. The summed E-state index contributed by atoms with van der Waals surface area (Å²) in [5.74, 6) is 0.743. The Balaban J connectivity index is 1.53. The number of rotatable bonds is 3. The molecule has 5 aliphatic rings. The Morgan fingerprint density at radius 2 is 2.11 bits per heavy atom. The normalized spacial score (nSPS) is 41.1. The summed E-state index contributed by atoms with van der Waals surface area (Å²) in [5.41, 5.74) is 6.51. The van der Waals surface area contributed by atoms with Gasteiger partial charge in [0.2, 0.25) is 0 Å². The van der Waals surface area contributed by atoms with Crippen LogP contribution < -0.4 is 10.5 Å². The molecular formula is C22H28N2O4. The van der Waals surface area contributed by atoms with Crippen molar-refractivity contribution in [2.75, 3.05) is 13.1 Å². The van der Waals surface area contributed by atoms with Crippen molar-refractivity contribution in [3.05, 3.63) is 28.8 Å². The summed E-state index contributed by atoms with van der Waals surface area (Å²) in [6, 6.07) is 3.79. The molecule has 6 nitrogen and oxygen atoms in total. The van der Waals surface area contributed by atoms with Gasteiger partial charge in [-0.3, -0.25) is 9.69 Å². The number of likely N-dealkylation sites (tertiary alicyclic amines) is 1. The molecule has 1 spiro atoms. The second-order valence-electron chi connectivity index (χ2n) is 9.64. The summed E-state index contributed by atoms with van der Waals surface area (Å²) in [5, 5.41) is 23.0. The average molecular weight is 384 g/mol. The van der Waals surface area contributed by atoms with Gasteiger partial charge in [0.1, 0.15) is 11.9 Å². The third-order valence-corrected chi connectivity index (χ3v) is 8.55. The molecule has 2 bridgehead atoms. The summed E-state index contributed by atoms with van der Waals surface area (Å²) in [7, 11) is 0. The highest BCUT2D eigenvalue weighted by atomic mass is 16.5. The van der Waals surface area contributed by atoms with Crippen LogP contribution in [0.2, 0.25) is 0 Å². The largest absolute Gasteiger partial charge is 0.486 e. The third-order valence-electron chi connectivity index (χ3n) is 8.55. The van der Waals surface area contributed by atoms with Crippen LogP contribution in [0.5, 0.6) is 5.75 Å². The molecule has 0 radical (unpaired) electrons. The van der Waals surface area contributed by atoms with Gasteiger partial charge in [-0.25, -0.2) is 0 Å². The second kappa shape index (κ2) is 5.49. The molecule has 1 aromatic rings. The number of benzene rings is 1. The van der Waals surface area contributed by atoms with E-state index in [1.54, 1.807) is 6.07 Å². The van der Waals surface area contributed by atoms with Gasteiger partial charge in [-0.15, -0.1) is 0 Å². The summed E-state index contributed by atoms with van der Waals surface area (Å²) in [6.07, 6.45) is 5.36. The van der Waals surface area contributed by atoms with Crippen molar-refractivity contribution in [3.8, 4) is 5.75 Å². The van der Waals surface area contributed by atoms with Gasteiger partial charge >= 0.3 is 0 Å². The zero-order valence-corrected chi connectivity index (χ0v) is 16.1. The van der Waals surface area contributed by atoms with E-state index >= 15 is 0 Å². The van der Waals surface area contributed by atoms with Gasteiger partial charge in [-0.1, -0.05) is 12.5 Å². The number of primary amides is 1. The number of nitrogens with two attached hydrogens (primary N) is 1. The van der Waals surface area contributed by atoms with Crippen molar-refractivity contribution in [1.82, 2.24) is 4.90 Å². The van der Waals surface area contributed by atoms with Gasteiger partial charge < -0.3 is 20.7 Å². The first kappa shape index (κ1) is 17.2. The van der Waals surface area contributed by atoms with Crippen LogP contribution in [0.3, 0.4) is 0 Å². The Hall–Kier alpha value is -1.63. The summed E-state index contributed by atoms with van der Waals surface area (Å²) in [6.45, 7) is 1.95. The van der Waals surface area contributed by atoms with Crippen LogP contribution in [-0.4, -0.2) is 58.0 Å². The highest BCUT2D eigenvalue weighted by Crippen LogP contribution is 2.64. The maximum Gasteiger partial charge on any atom is 0.252 e. The Morgan fingerprint density at radius 3 is 2.82 bits per heavy atom. The van der Waals surface area contributed by atoms with Crippen molar-refractivity contribution in [1.29, 1.82) is 0 Å². The lowest BCUT2D eigenvalue weighted by Gasteiger charge is -2.64. The van der Waals surface area contributed by atoms with Gasteiger partial charge in [-0.05, 0) is 62.6 Å². The maximum atomic E-state index is 12.2. The number of piperidine rings is 1. The summed E-state index contributed by atoms with van der Waals surface area (Å²) < 4.78 is 6.27. The maximum absolute atomic E-state index is 12.2. The SMILES string of the molecule is NC(=O)c1ccc2c3c1OC1[C@@H](O)CC[C@@]4(O)[C@@H](C2)N(CC2CCC2)CC[C@]314. The number of aliphatic hydroxyl groups excluding tert-OH is 1. The quantitative estimate of drug-likeness (QED) is 0.725. The molecule has 5 atom stereocenters. The number of nitrogens with zero attached hydrogens (tertiary/aromatic N) is 1. The molecule has 3 aliphatic carbocycles. The van der Waals surface area contributed by atoms with Crippen LogP contribution in [-0.2, 0) is 11.8 Å². The van der Waals surface area contributed by atoms with E-state index in [0.717, 1.165) is 43.0 Å². The number of aliphatic hydroxyl groups is 2. The van der Waals surface area contributed by atoms with Crippen molar-refractivity contribution in [3.63, 3.8) is 0 Å². The standard InChI is InChI=1S/C22H28N2O4/c23-20(26)14-5-4-13-10-16-22(27)7-6-15(25)19-21(22,17(13)18(14)28-19)8-9-24(16)11-12-2-1-3-12/h4-5,12,15-16,19,25,27H,1-3,6-11H2,(H2,23,26)/t15-,16+,19?,21-,22+/m0/s1. The van der Waals surface area contributed by atoms with Crippen LogP contribution in [0.4, 0.5) is 0 Å². The van der Waals surface area contributed by atoms with Crippen molar-refractivity contribution >= 4 is 5.91 Å². The second-order valence-corrected chi connectivity index (χ2v) is 9.64. The lowest BCUT2D eigenvalue weighted by molar-refractivity contribution is -0.209. The van der Waals surface area contributed by atoms with Crippen LogP contribution in [0.15, 0.2) is 12.1 Å². The van der Waals surface area contributed by atoms with E-state index in [0.29, 0.717) is 24.2 Å². The van der Waals surface area contributed by atoms with Gasteiger partial charge in [0, 0.05) is 18.2 Å². The first-order valence-corrected chi connectivity index (χ1v) is 10.7. The molecule has 2 heterocycles. The van der Waals surface area contributed by atoms with E-state index in [4.69, 9.17) is 10.5 Å². The van der Waals surface area contributed by atoms with E-state index in [2.05, 4.69) is 4.90 Å². The number of hydrogen-bond donors (Lipinski definition) is 3. The van der Waals surface area contributed by atoms with Gasteiger partial charge in [0.25, 0.3) is 5.91 Å². The predicted octanol–water partition coefficient (Wildman–Crippen LogP) is 1.10.